The van der Waals surface area contributed by atoms with Crippen molar-refractivity contribution in [1.82, 2.24) is 0 Å². The van der Waals surface area contributed by atoms with Crippen molar-refractivity contribution in [3.63, 3.8) is 0 Å². The monoisotopic (exact) mass is 298 g/mol. The van der Waals surface area contributed by atoms with Gasteiger partial charge in [-0.25, -0.2) is 8.78 Å². The second-order valence-electron chi connectivity index (χ2n) is 5.71. The first-order valence-electron chi connectivity index (χ1n) is 7.52. The molecule has 1 fully saturated rings. The van der Waals surface area contributed by atoms with Crippen molar-refractivity contribution in [3.8, 4) is 0 Å². The van der Waals surface area contributed by atoms with Crippen LogP contribution in [0.2, 0.25) is 0 Å². The third-order valence-electron chi connectivity index (χ3n) is 4.13. The molecule has 1 atom stereocenters. The predicted molar refractivity (Wildman–Crippen MR) is 80.5 cm³/mol. The fourth-order valence-electron chi connectivity index (χ4n) is 2.75. The van der Waals surface area contributed by atoms with E-state index in [2.05, 4.69) is 0 Å². The van der Waals surface area contributed by atoms with E-state index in [-0.39, 0.29) is 11.7 Å². The number of nitrogens with two attached hydrogens (primary N) is 1. The molecule has 3 nitrogen and oxygen atoms in total. The SMILES string of the molecule is COCCN(c1c(F)cc(CCN)cc1F)C(C)C1CC1. The van der Waals surface area contributed by atoms with Crippen LogP contribution >= 0.6 is 0 Å². The number of halogens is 2. The summed E-state index contributed by atoms with van der Waals surface area (Å²) < 4.78 is 33.9. The average molecular weight is 298 g/mol. The van der Waals surface area contributed by atoms with Crippen molar-refractivity contribution < 1.29 is 13.5 Å². The Labute approximate surface area is 125 Å². The molecule has 0 aromatic heterocycles. The van der Waals surface area contributed by atoms with Crippen molar-refractivity contribution in [2.75, 3.05) is 31.7 Å². The Hall–Kier alpha value is -1.20. The number of ether oxygens (including phenoxy) is 1. The Morgan fingerprint density at radius 2 is 1.95 bits per heavy atom. The summed E-state index contributed by atoms with van der Waals surface area (Å²) in [6, 6.07) is 2.90. The van der Waals surface area contributed by atoms with Crippen LogP contribution in [0.5, 0.6) is 0 Å². The van der Waals surface area contributed by atoms with Gasteiger partial charge in [0.2, 0.25) is 0 Å². The van der Waals surface area contributed by atoms with E-state index in [1.807, 2.05) is 6.92 Å². The topological polar surface area (TPSA) is 38.5 Å². The fraction of sp³-hybridized carbons (Fsp3) is 0.625. The summed E-state index contributed by atoms with van der Waals surface area (Å²) in [6.07, 6.45) is 2.72. The Bertz CT molecular complexity index is 454. The summed E-state index contributed by atoms with van der Waals surface area (Å²) in [6.45, 7) is 3.34. The number of methoxy groups -OCH3 is 1. The molecule has 2 rings (SSSR count). The number of hydrogen-bond donors (Lipinski definition) is 1. The van der Waals surface area contributed by atoms with Gasteiger partial charge in [-0.3, -0.25) is 0 Å². The Balaban J connectivity index is 2.29. The van der Waals surface area contributed by atoms with E-state index < -0.39 is 11.6 Å². The maximum atomic E-state index is 14.4. The van der Waals surface area contributed by atoms with E-state index in [1.165, 1.54) is 12.1 Å². The Kier molecular flexibility index (Phi) is 5.53. The molecule has 0 radical (unpaired) electrons. The van der Waals surface area contributed by atoms with Crippen LogP contribution in [0.4, 0.5) is 14.5 Å². The van der Waals surface area contributed by atoms with Crippen molar-refractivity contribution >= 4 is 5.69 Å². The van der Waals surface area contributed by atoms with Crippen LogP contribution in [-0.4, -0.2) is 32.8 Å². The van der Waals surface area contributed by atoms with E-state index in [4.69, 9.17) is 10.5 Å². The van der Waals surface area contributed by atoms with E-state index in [0.717, 1.165) is 12.8 Å². The average Bonchev–Trinajstić information content (AvgIpc) is 3.25. The number of rotatable bonds is 8. The van der Waals surface area contributed by atoms with Crippen molar-refractivity contribution in [3.05, 3.63) is 29.3 Å². The number of hydrogen-bond acceptors (Lipinski definition) is 3. The minimum Gasteiger partial charge on any atom is -0.383 e. The summed E-state index contributed by atoms with van der Waals surface area (Å²) in [7, 11) is 1.59. The molecule has 1 aliphatic rings. The number of benzene rings is 1. The predicted octanol–water partition coefficient (Wildman–Crippen LogP) is 2.72. The van der Waals surface area contributed by atoms with Crippen LogP contribution in [0.15, 0.2) is 12.1 Å². The van der Waals surface area contributed by atoms with Gasteiger partial charge in [0.25, 0.3) is 0 Å². The normalized spacial score (nSPS) is 16.0. The lowest BCUT2D eigenvalue weighted by Crippen LogP contribution is -2.38. The molecular formula is C16H24F2N2O. The van der Waals surface area contributed by atoms with Gasteiger partial charge >= 0.3 is 0 Å². The molecule has 0 aliphatic heterocycles. The fourth-order valence-corrected chi connectivity index (χ4v) is 2.75. The van der Waals surface area contributed by atoms with Crippen LogP contribution in [-0.2, 0) is 11.2 Å². The third-order valence-corrected chi connectivity index (χ3v) is 4.13. The number of anilines is 1. The van der Waals surface area contributed by atoms with Crippen LogP contribution in [0.1, 0.15) is 25.3 Å². The molecule has 118 valence electrons. The highest BCUT2D eigenvalue weighted by molar-refractivity contribution is 5.52. The molecule has 0 spiro atoms. The second-order valence-corrected chi connectivity index (χ2v) is 5.71. The second kappa shape index (κ2) is 7.18. The molecule has 1 aromatic carbocycles. The summed E-state index contributed by atoms with van der Waals surface area (Å²) in [5.41, 5.74) is 6.11. The summed E-state index contributed by atoms with van der Waals surface area (Å²) in [5.74, 6) is -0.506. The lowest BCUT2D eigenvalue weighted by Gasteiger charge is -2.32. The molecule has 5 heteroatoms. The maximum absolute atomic E-state index is 14.4. The lowest BCUT2D eigenvalue weighted by molar-refractivity contribution is 0.202. The van der Waals surface area contributed by atoms with E-state index in [1.54, 1.807) is 12.0 Å². The van der Waals surface area contributed by atoms with Gasteiger partial charge in [-0.05, 0) is 56.3 Å². The van der Waals surface area contributed by atoms with Gasteiger partial charge in [-0.15, -0.1) is 0 Å². The summed E-state index contributed by atoms with van der Waals surface area (Å²) in [4.78, 5) is 1.80. The Morgan fingerprint density at radius 1 is 1.33 bits per heavy atom. The molecule has 0 heterocycles. The van der Waals surface area contributed by atoms with Gasteiger partial charge in [0.1, 0.15) is 17.3 Å². The molecule has 1 unspecified atom stereocenters. The van der Waals surface area contributed by atoms with Gasteiger partial charge in [-0.1, -0.05) is 0 Å². The van der Waals surface area contributed by atoms with Crippen LogP contribution < -0.4 is 10.6 Å². The molecule has 2 N–H and O–H groups in total. The molecule has 0 bridgehead atoms. The minimum atomic E-state index is -0.512. The van der Waals surface area contributed by atoms with E-state index >= 15 is 0 Å². The van der Waals surface area contributed by atoms with Crippen molar-refractivity contribution in [2.24, 2.45) is 11.7 Å². The maximum Gasteiger partial charge on any atom is 0.149 e. The first-order chi connectivity index (χ1) is 10.1. The first-order valence-corrected chi connectivity index (χ1v) is 7.52. The molecule has 1 aliphatic carbocycles. The molecule has 1 aromatic rings. The summed E-state index contributed by atoms with van der Waals surface area (Å²) in [5, 5.41) is 0. The zero-order valence-electron chi connectivity index (χ0n) is 12.7. The van der Waals surface area contributed by atoms with Gasteiger partial charge in [0.15, 0.2) is 0 Å². The van der Waals surface area contributed by atoms with Crippen LogP contribution in [0, 0.1) is 17.6 Å². The summed E-state index contributed by atoms with van der Waals surface area (Å²) >= 11 is 0. The minimum absolute atomic E-state index is 0.0622. The van der Waals surface area contributed by atoms with Gasteiger partial charge in [0, 0.05) is 19.7 Å². The highest BCUT2D eigenvalue weighted by Crippen LogP contribution is 2.38. The quantitative estimate of drug-likeness (QED) is 0.802. The highest BCUT2D eigenvalue weighted by Gasteiger charge is 2.34. The van der Waals surface area contributed by atoms with E-state index in [0.29, 0.717) is 37.6 Å². The molecule has 0 saturated heterocycles. The number of nitrogens with zero attached hydrogens (tertiary/aromatic N) is 1. The highest BCUT2D eigenvalue weighted by atomic mass is 19.1. The zero-order valence-corrected chi connectivity index (χ0v) is 12.7. The van der Waals surface area contributed by atoms with E-state index in [9.17, 15) is 8.78 Å². The Morgan fingerprint density at radius 3 is 2.43 bits per heavy atom. The van der Waals surface area contributed by atoms with Gasteiger partial charge < -0.3 is 15.4 Å². The molecular weight excluding hydrogens is 274 g/mol. The van der Waals surface area contributed by atoms with Crippen molar-refractivity contribution in [1.29, 1.82) is 0 Å². The molecule has 21 heavy (non-hydrogen) atoms. The van der Waals surface area contributed by atoms with Crippen LogP contribution in [0.25, 0.3) is 0 Å². The molecule has 1 saturated carbocycles. The van der Waals surface area contributed by atoms with Gasteiger partial charge in [-0.2, -0.15) is 0 Å². The van der Waals surface area contributed by atoms with Gasteiger partial charge in [0.05, 0.1) is 6.61 Å². The van der Waals surface area contributed by atoms with Crippen LogP contribution in [0.3, 0.4) is 0 Å². The standard InChI is InChI=1S/C16H24F2N2O/c1-11(13-3-4-13)20(7-8-21-2)16-14(17)9-12(5-6-19)10-15(16)18/h9-11,13H,3-8,19H2,1-2H3. The zero-order chi connectivity index (χ0) is 15.4. The molecule has 0 amide bonds. The third kappa shape index (κ3) is 3.92. The van der Waals surface area contributed by atoms with Crippen molar-refractivity contribution in [2.45, 2.75) is 32.2 Å². The smallest absolute Gasteiger partial charge is 0.149 e. The first kappa shape index (κ1) is 16.2. The largest absolute Gasteiger partial charge is 0.383 e. The lowest BCUT2D eigenvalue weighted by atomic mass is 10.1.